The van der Waals surface area contributed by atoms with Crippen LogP contribution in [-0.4, -0.2) is 49.2 Å². The Kier molecular flexibility index (Phi) is 4.72. The number of likely N-dealkylation sites (tertiary alicyclic amines) is 1. The quantitative estimate of drug-likeness (QED) is 0.891. The van der Waals surface area contributed by atoms with Gasteiger partial charge in [-0.3, -0.25) is 9.59 Å². The first-order chi connectivity index (χ1) is 9.97. The van der Waals surface area contributed by atoms with Crippen molar-refractivity contribution in [3.8, 4) is 11.5 Å². The monoisotopic (exact) mass is 357 g/mol. The van der Waals surface area contributed by atoms with Gasteiger partial charge in [0.15, 0.2) is 0 Å². The van der Waals surface area contributed by atoms with Gasteiger partial charge in [-0.1, -0.05) is 0 Å². The number of hydrogen-bond donors (Lipinski definition) is 1. The SMILES string of the molecule is COc1cc(Br)c(OC)c(C(=O)N2CCC(C(=O)O)C2)c1. The minimum atomic E-state index is -0.871. The van der Waals surface area contributed by atoms with E-state index in [2.05, 4.69) is 15.9 Å². The topological polar surface area (TPSA) is 76.1 Å². The number of benzene rings is 1. The molecule has 21 heavy (non-hydrogen) atoms. The first-order valence-electron chi connectivity index (χ1n) is 6.41. The van der Waals surface area contributed by atoms with E-state index in [1.165, 1.54) is 19.1 Å². The lowest BCUT2D eigenvalue weighted by Gasteiger charge is -2.19. The first-order valence-corrected chi connectivity index (χ1v) is 7.20. The van der Waals surface area contributed by atoms with Crippen LogP contribution >= 0.6 is 15.9 Å². The molecule has 1 aromatic rings. The average molecular weight is 358 g/mol. The molecular weight excluding hydrogens is 342 g/mol. The molecule has 0 aromatic heterocycles. The standard InChI is InChI=1S/C14H16BrNO5/c1-20-9-5-10(12(21-2)11(15)6-9)13(17)16-4-3-8(7-16)14(18)19/h5-6,8H,3-4,7H2,1-2H3,(H,18,19). The molecule has 0 aliphatic carbocycles. The summed E-state index contributed by atoms with van der Waals surface area (Å²) in [5, 5.41) is 9.02. The van der Waals surface area contributed by atoms with Crippen molar-refractivity contribution >= 4 is 27.8 Å². The average Bonchev–Trinajstić information content (AvgIpc) is 2.95. The highest BCUT2D eigenvalue weighted by atomic mass is 79.9. The van der Waals surface area contributed by atoms with Gasteiger partial charge in [0.25, 0.3) is 5.91 Å². The molecule has 1 N–H and O–H groups in total. The minimum absolute atomic E-state index is 0.214. The van der Waals surface area contributed by atoms with Gasteiger partial charge in [0.2, 0.25) is 0 Å². The fraction of sp³-hybridized carbons (Fsp3) is 0.429. The maximum atomic E-state index is 12.6. The Morgan fingerprint density at radius 1 is 1.33 bits per heavy atom. The number of rotatable bonds is 4. The lowest BCUT2D eigenvalue weighted by Crippen LogP contribution is -2.30. The lowest BCUT2D eigenvalue weighted by molar-refractivity contribution is -0.141. The van der Waals surface area contributed by atoms with Crippen LogP contribution in [0.4, 0.5) is 0 Å². The molecule has 1 fully saturated rings. The van der Waals surface area contributed by atoms with E-state index < -0.39 is 11.9 Å². The number of carbonyl (C=O) groups is 2. The third-order valence-corrected chi connectivity index (χ3v) is 4.10. The Labute approximate surface area is 130 Å². The highest BCUT2D eigenvalue weighted by Crippen LogP contribution is 2.35. The highest BCUT2D eigenvalue weighted by molar-refractivity contribution is 9.10. The molecule has 0 bridgehead atoms. The van der Waals surface area contributed by atoms with Crippen LogP contribution in [0.2, 0.25) is 0 Å². The molecular formula is C14H16BrNO5. The summed E-state index contributed by atoms with van der Waals surface area (Å²) in [6, 6.07) is 3.31. The van der Waals surface area contributed by atoms with Crippen LogP contribution in [0.25, 0.3) is 0 Å². The molecule has 1 amide bonds. The summed E-state index contributed by atoms with van der Waals surface area (Å²) < 4.78 is 11.0. The number of methoxy groups -OCH3 is 2. The van der Waals surface area contributed by atoms with Crippen LogP contribution in [-0.2, 0) is 4.79 Å². The Morgan fingerprint density at radius 3 is 2.57 bits per heavy atom. The molecule has 2 rings (SSSR count). The maximum absolute atomic E-state index is 12.6. The molecule has 7 heteroatoms. The minimum Gasteiger partial charge on any atom is -0.497 e. The van der Waals surface area contributed by atoms with Gasteiger partial charge < -0.3 is 19.5 Å². The van der Waals surface area contributed by atoms with E-state index in [1.807, 2.05) is 0 Å². The van der Waals surface area contributed by atoms with Gasteiger partial charge in [-0.05, 0) is 34.5 Å². The third-order valence-electron chi connectivity index (χ3n) is 3.51. The van der Waals surface area contributed by atoms with Crippen LogP contribution in [0, 0.1) is 5.92 Å². The first kappa shape index (κ1) is 15.6. The number of ether oxygens (including phenoxy) is 2. The van der Waals surface area contributed by atoms with Crippen molar-refractivity contribution in [1.29, 1.82) is 0 Å². The number of carboxylic acid groups (broad SMARTS) is 1. The Bertz CT molecular complexity index is 575. The van der Waals surface area contributed by atoms with Crippen molar-refractivity contribution in [2.75, 3.05) is 27.3 Å². The molecule has 0 saturated carbocycles. The number of aliphatic carboxylic acids is 1. The van der Waals surface area contributed by atoms with Crippen molar-refractivity contribution < 1.29 is 24.2 Å². The molecule has 0 spiro atoms. The van der Waals surface area contributed by atoms with Crippen molar-refractivity contribution in [3.05, 3.63) is 22.2 Å². The van der Waals surface area contributed by atoms with Crippen LogP contribution < -0.4 is 9.47 Å². The van der Waals surface area contributed by atoms with Gasteiger partial charge in [-0.15, -0.1) is 0 Å². The van der Waals surface area contributed by atoms with Gasteiger partial charge >= 0.3 is 5.97 Å². The van der Waals surface area contributed by atoms with E-state index in [0.717, 1.165) is 0 Å². The predicted octanol–water partition coefficient (Wildman–Crippen LogP) is 2.01. The zero-order valence-corrected chi connectivity index (χ0v) is 13.3. The fourth-order valence-electron chi connectivity index (χ4n) is 2.37. The van der Waals surface area contributed by atoms with Crippen LogP contribution in [0.1, 0.15) is 16.8 Å². The van der Waals surface area contributed by atoms with Gasteiger partial charge in [0.1, 0.15) is 11.5 Å². The summed E-state index contributed by atoms with van der Waals surface area (Å²) in [5.74, 6) is -0.687. The van der Waals surface area contributed by atoms with Crippen LogP contribution in [0.3, 0.4) is 0 Å². The molecule has 1 heterocycles. The third kappa shape index (κ3) is 3.12. The maximum Gasteiger partial charge on any atom is 0.308 e. The molecule has 1 aliphatic rings. The van der Waals surface area contributed by atoms with Crippen LogP contribution in [0.15, 0.2) is 16.6 Å². The Balaban J connectivity index is 2.31. The van der Waals surface area contributed by atoms with E-state index in [0.29, 0.717) is 34.5 Å². The number of nitrogens with zero attached hydrogens (tertiary/aromatic N) is 1. The summed E-state index contributed by atoms with van der Waals surface area (Å²) >= 11 is 3.34. The van der Waals surface area contributed by atoms with Crippen molar-refractivity contribution in [2.24, 2.45) is 5.92 Å². The number of carbonyl (C=O) groups excluding carboxylic acids is 1. The van der Waals surface area contributed by atoms with E-state index in [-0.39, 0.29) is 12.5 Å². The molecule has 1 atom stereocenters. The second kappa shape index (κ2) is 6.34. The molecule has 1 unspecified atom stereocenters. The van der Waals surface area contributed by atoms with Crippen molar-refractivity contribution in [2.45, 2.75) is 6.42 Å². The summed E-state index contributed by atoms with van der Waals surface area (Å²) in [4.78, 5) is 25.1. The molecule has 0 radical (unpaired) electrons. The number of carboxylic acids is 1. The lowest BCUT2D eigenvalue weighted by atomic mass is 10.1. The summed E-state index contributed by atoms with van der Waals surface area (Å²) in [5.41, 5.74) is 0.356. The zero-order valence-electron chi connectivity index (χ0n) is 11.8. The predicted molar refractivity (Wildman–Crippen MR) is 78.9 cm³/mol. The van der Waals surface area contributed by atoms with E-state index >= 15 is 0 Å². The van der Waals surface area contributed by atoms with Gasteiger partial charge in [-0.25, -0.2) is 0 Å². The summed E-state index contributed by atoms with van der Waals surface area (Å²) in [7, 11) is 2.99. The molecule has 1 saturated heterocycles. The van der Waals surface area contributed by atoms with Crippen molar-refractivity contribution in [3.63, 3.8) is 0 Å². The van der Waals surface area contributed by atoms with Gasteiger partial charge in [0, 0.05) is 13.1 Å². The molecule has 1 aromatic carbocycles. The van der Waals surface area contributed by atoms with E-state index in [4.69, 9.17) is 14.6 Å². The smallest absolute Gasteiger partial charge is 0.308 e. The van der Waals surface area contributed by atoms with E-state index in [1.54, 1.807) is 12.1 Å². The number of halogens is 1. The summed E-state index contributed by atoms with van der Waals surface area (Å²) in [6.07, 6.45) is 0.467. The zero-order chi connectivity index (χ0) is 15.6. The van der Waals surface area contributed by atoms with Crippen LogP contribution in [0.5, 0.6) is 11.5 Å². The largest absolute Gasteiger partial charge is 0.497 e. The van der Waals surface area contributed by atoms with Gasteiger partial charge in [-0.2, -0.15) is 0 Å². The second-order valence-electron chi connectivity index (χ2n) is 4.77. The van der Waals surface area contributed by atoms with E-state index in [9.17, 15) is 9.59 Å². The van der Waals surface area contributed by atoms with Crippen molar-refractivity contribution in [1.82, 2.24) is 4.90 Å². The van der Waals surface area contributed by atoms with Gasteiger partial charge in [0.05, 0.1) is 30.2 Å². The normalized spacial score (nSPS) is 17.7. The molecule has 6 nitrogen and oxygen atoms in total. The number of amides is 1. The Morgan fingerprint density at radius 2 is 2.05 bits per heavy atom. The summed E-state index contributed by atoms with van der Waals surface area (Å²) in [6.45, 7) is 0.639. The Hall–Kier alpha value is -1.76. The molecule has 1 aliphatic heterocycles. The number of hydrogen-bond acceptors (Lipinski definition) is 4. The fourth-order valence-corrected chi connectivity index (χ4v) is 2.97. The highest BCUT2D eigenvalue weighted by Gasteiger charge is 2.32. The second-order valence-corrected chi connectivity index (χ2v) is 5.62. The molecule has 114 valence electrons.